The number of hydrogen-bond donors (Lipinski definition) is 2. The van der Waals surface area contributed by atoms with Gasteiger partial charge in [0.25, 0.3) is 5.91 Å². The van der Waals surface area contributed by atoms with E-state index in [4.69, 9.17) is 21.1 Å². The van der Waals surface area contributed by atoms with E-state index in [2.05, 4.69) is 10.6 Å². The zero-order chi connectivity index (χ0) is 21.4. The highest BCUT2D eigenvalue weighted by atomic mass is 35.5. The lowest BCUT2D eigenvalue weighted by Crippen LogP contribution is -2.13. The van der Waals surface area contributed by atoms with Crippen molar-refractivity contribution in [3.63, 3.8) is 0 Å². The van der Waals surface area contributed by atoms with Gasteiger partial charge < -0.3 is 20.1 Å². The highest BCUT2D eigenvalue weighted by Crippen LogP contribution is 2.37. The van der Waals surface area contributed by atoms with Crippen LogP contribution < -0.4 is 20.1 Å². The molecule has 0 bridgehead atoms. The van der Waals surface area contributed by atoms with Gasteiger partial charge in [-0.2, -0.15) is 5.26 Å². The van der Waals surface area contributed by atoms with Crippen LogP contribution in [0, 0.1) is 11.3 Å². The number of rotatable bonds is 7. The maximum absolute atomic E-state index is 12.5. The minimum Gasteiger partial charge on any atom is -0.491 e. The topological polar surface area (TPSA) is 100 Å². The largest absolute Gasteiger partial charge is 0.491 e. The van der Waals surface area contributed by atoms with Gasteiger partial charge in [-0.3, -0.25) is 9.59 Å². The Hall–Kier alpha value is -3.50. The number of nitrogens with one attached hydrogen (secondary N) is 2. The maximum atomic E-state index is 12.5. The van der Waals surface area contributed by atoms with Crippen LogP contribution in [-0.2, 0) is 9.59 Å². The van der Waals surface area contributed by atoms with E-state index >= 15 is 0 Å². The molecular weight excluding hydrogens is 394 g/mol. The summed E-state index contributed by atoms with van der Waals surface area (Å²) >= 11 is 6.21. The molecule has 7 nitrogen and oxygen atoms in total. The molecule has 0 saturated carbocycles. The zero-order valence-electron chi connectivity index (χ0n) is 16.2. The van der Waals surface area contributed by atoms with Crippen molar-refractivity contribution in [2.24, 2.45) is 0 Å². The smallest absolute Gasteiger partial charge is 0.266 e. The molecule has 150 valence electrons. The van der Waals surface area contributed by atoms with E-state index in [9.17, 15) is 14.9 Å². The second kappa shape index (κ2) is 10.2. The summed E-state index contributed by atoms with van der Waals surface area (Å²) < 4.78 is 10.7. The molecule has 0 aliphatic heterocycles. The molecule has 2 N–H and O–H groups in total. The number of carbonyl (C=O) groups excluding carboxylic acids is 2. The second-order valence-corrected chi connectivity index (χ2v) is 6.26. The SMILES string of the molecule is CCOc1cc(/C=C(/C#N)C(=O)Nc2ccc(NC(C)=O)cc2)cc(Cl)c1OC. The van der Waals surface area contributed by atoms with Crippen molar-refractivity contribution in [3.8, 4) is 17.6 Å². The quantitative estimate of drug-likeness (QED) is 0.522. The van der Waals surface area contributed by atoms with Crippen molar-refractivity contribution in [2.45, 2.75) is 13.8 Å². The number of nitrogens with zero attached hydrogens (tertiary/aromatic N) is 1. The zero-order valence-corrected chi connectivity index (χ0v) is 17.0. The van der Waals surface area contributed by atoms with Crippen molar-refractivity contribution in [1.29, 1.82) is 5.26 Å². The number of nitriles is 1. The van der Waals surface area contributed by atoms with Crippen molar-refractivity contribution in [1.82, 2.24) is 0 Å². The third-order valence-corrected chi connectivity index (χ3v) is 3.96. The monoisotopic (exact) mass is 413 g/mol. The first kappa shape index (κ1) is 21.8. The predicted octanol–water partition coefficient (Wildman–Crippen LogP) is 4.25. The van der Waals surface area contributed by atoms with Crippen molar-refractivity contribution in [2.75, 3.05) is 24.4 Å². The Kier molecular flexibility index (Phi) is 7.63. The first-order valence-corrected chi connectivity index (χ1v) is 9.06. The molecule has 0 aliphatic rings. The number of halogens is 1. The van der Waals surface area contributed by atoms with Crippen molar-refractivity contribution in [3.05, 3.63) is 52.6 Å². The molecule has 0 saturated heterocycles. The fourth-order valence-corrected chi connectivity index (χ4v) is 2.78. The Labute approximate surface area is 173 Å². The first-order chi connectivity index (χ1) is 13.9. The van der Waals surface area contributed by atoms with E-state index in [-0.39, 0.29) is 11.5 Å². The number of methoxy groups -OCH3 is 1. The number of amides is 2. The fraction of sp³-hybridized carbons (Fsp3) is 0.190. The summed E-state index contributed by atoms with van der Waals surface area (Å²) in [5, 5.41) is 15.0. The molecule has 0 aromatic heterocycles. The summed E-state index contributed by atoms with van der Waals surface area (Å²) in [5.74, 6) is 0.0265. The maximum Gasteiger partial charge on any atom is 0.266 e. The molecule has 0 radical (unpaired) electrons. The van der Waals surface area contributed by atoms with Gasteiger partial charge in [-0.1, -0.05) is 11.6 Å². The van der Waals surface area contributed by atoms with E-state index in [1.165, 1.54) is 20.1 Å². The van der Waals surface area contributed by atoms with Gasteiger partial charge in [0.05, 0.1) is 18.7 Å². The van der Waals surface area contributed by atoms with Gasteiger partial charge >= 0.3 is 0 Å². The lowest BCUT2D eigenvalue weighted by atomic mass is 10.1. The van der Waals surface area contributed by atoms with Gasteiger partial charge in [-0.05, 0) is 55.0 Å². The van der Waals surface area contributed by atoms with Crippen LogP contribution in [0.4, 0.5) is 11.4 Å². The third kappa shape index (κ3) is 5.99. The van der Waals surface area contributed by atoms with Gasteiger partial charge in [0.1, 0.15) is 11.6 Å². The van der Waals surface area contributed by atoms with Gasteiger partial charge in [0, 0.05) is 18.3 Å². The molecule has 2 rings (SSSR count). The average molecular weight is 414 g/mol. The van der Waals surface area contributed by atoms with Crippen LogP contribution in [0.15, 0.2) is 42.0 Å². The third-order valence-electron chi connectivity index (χ3n) is 3.68. The molecule has 8 heteroatoms. The molecule has 0 spiro atoms. The summed E-state index contributed by atoms with van der Waals surface area (Å²) in [6.07, 6.45) is 1.41. The number of carbonyl (C=O) groups is 2. The van der Waals surface area contributed by atoms with E-state index in [0.717, 1.165) is 0 Å². The number of ether oxygens (including phenoxy) is 2. The predicted molar refractivity (Wildman–Crippen MR) is 112 cm³/mol. The lowest BCUT2D eigenvalue weighted by Gasteiger charge is -2.12. The molecule has 2 amide bonds. The number of anilines is 2. The normalized spacial score (nSPS) is 10.7. The van der Waals surface area contributed by atoms with Crippen LogP contribution in [0.1, 0.15) is 19.4 Å². The van der Waals surface area contributed by atoms with Crippen LogP contribution in [-0.4, -0.2) is 25.5 Å². The Morgan fingerprint density at radius 2 is 1.79 bits per heavy atom. The molecule has 2 aromatic carbocycles. The van der Waals surface area contributed by atoms with Crippen LogP contribution in [0.3, 0.4) is 0 Å². The molecule has 0 aliphatic carbocycles. The minimum absolute atomic E-state index is 0.111. The Balaban J connectivity index is 2.24. The van der Waals surface area contributed by atoms with E-state index in [1.54, 1.807) is 36.4 Å². The number of benzene rings is 2. The Bertz CT molecular complexity index is 979. The van der Waals surface area contributed by atoms with Crippen LogP contribution in [0.25, 0.3) is 6.08 Å². The van der Waals surface area contributed by atoms with Crippen LogP contribution >= 0.6 is 11.6 Å². The molecule has 0 fully saturated rings. The standard InChI is InChI=1S/C21H20ClN3O4/c1-4-29-19-11-14(10-18(22)20(19)28-3)9-15(12-23)21(27)25-17-7-5-16(6-8-17)24-13(2)26/h5-11H,4H2,1-3H3,(H,24,26)(H,25,27)/b15-9-. The van der Waals surface area contributed by atoms with Crippen molar-refractivity contribution >= 4 is 40.9 Å². The summed E-state index contributed by atoms with van der Waals surface area (Å²) in [6, 6.07) is 11.6. The van der Waals surface area contributed by atoms with Crippen molar-refractivity contribution < 1.29 is 19.1 Å². The van der Waals surface area contributed by atoms with Gasteiger partial charge in [0.2, 0.25) is 5.91 Å². The molecule has 29 heavy (non-hydrogen) atoms. The number of hydrogen-bond acceptors (Lipinski definition) is 5. The fourth-order valence-electron chi connectivity index (χ4n) is 2.49. The van der Waals surface area contributed by atoms with Gasteiger partial charge in [0.15, 0.2) is 11.5 Å². The van der Waals surface area contributed by atoms with Crippen LogP contribution in [0.5, 0.6) is 11.5 Å². The summed E-state index contributed by atoms with van der Waals surface area (Å²) in [4.78, 5) is 23.5. The Morgan fingerprint density at radius 3 is 2.31 bits per heavy atom. The van der Waals surface area contributed by atoms with Gasteiger partial charge in [-0.25, -0.2) is 0 Å². The highest BCUT2D eigenvalue weighted by molar-refractivity contribution is 6.32. The summed E-state index contributed by atoms with van der Waals surface area (Å²) in [5.41, 5.74) is 1.49. The molecule has 0 unspecified atom stereocenters. The van der Waals surface area contributed by atoms with E-state index < -0.39 is 5.91 Å². The first-order valence-electron chi connectivity index (χ1n) is 8.69. The molecule has 2 aromatic rings. The van der Waals surface area contributed by atoms with Gasteiger partial charge in [-0.15, -0.1) is 0 Å². The van der Waals surface area contributed by atoms with E-state index in [1.807, 2.05) is 13.0 Å². The minimum atomic E-state index is -0.579. The van der Waals surface area contributed by atoms with Crippen LogP contribution in [0.2, 0.25) is 5.02 Å². The molecule has 0 heterocycles. The summed E-state index contributed by atoms with van der Waals surface area (Å²) in [7, 11) is 1.48. The summed E-state index contributed by atoms with van der Waals surface area (Å²) in [6.45, 7) is 3.63. The average Bonchev–Trinajstić information content (AvgIpc) is 2.67. The highest BCUT2D eigenvalue weighted by Gasteiger charge is 2.14. The molecule has 0 atom stereocenters. The molecular formula is C21H20ClN3O4. The lowest BCUT2D eigenvalue weighted by molar-refractivity contribution is -0.114. The van der Waals surface area contributed by atoms with E-state index in [0.29, 0.717) is 40.1 Å². The Morgan fingerprint density at radius 1 is 1.17 bits per heavy atom. The second-order valence-electron chi connectivity index (χ2n) is 5.85.